The minimum Gasteiger partial charge on any atom is -0.379 e. The number of nitrogens with one attached hydrogen (secondary N) is 1. The molecule has 0 saturated carbocycles. The lowest BCUT2D eigenvalue weighted by atomic mass is 10.1. The van der Waals surface area contributed by atoms with Gasteiger partial charge < -0.3 is 14.8 Å². The molecule has 1 aromatic heterocycles. The predicted molar refractivity (Wildman–Crippen MR) is 82.1 cm³/mol. The van der Waals surface area contributed by atoms with Crippen molar-refractivity contribution in [2.75, 3.05) is 31.7 Å². The Hall–Kier alpha value is -1.65. The molecule has 20 heavy (non-hydrogen) atoms. The van der Waals surface area contributed by atoms with E-state index in [4.69, 9.17) is 9.47 Å². The molecule has 0 amide bonds. The lowest BCUT2D eigenvalue weighted by Gasteiger charge is -2.12. The molecule has 0 atom stereocenters. The van der Waals surface area contributed by atoms with Crippen LogP contribution in [0.3, 0.4) is 0 Å². The van der Waals surface area contributed by atoms with Crippen LogP contribution >= 0.6 is 0 Å². The molecule has 0 spiro atoms. The van der Waals surface area contributed by atoms with Crippen molar-refractivity contribution < 1.29 is 9.47 Å². The van der Waals surface area contributed by atoms with Crippen molar-refractivity contribution in [3.05, 3.63) is 35.9 Å². The molecule has 0 bridgehead atoms. The van der Waals surface area contributed by atoms with E-state index in [1.165, 1.54) is 0 Å². The average molecular weight is 274 g/mol. The average Bonchev–Trinajstić information content (AvgIpc) is 2.47. The van der Waals surface area contributed by atoms with Crippen molar-refractivity contribution >= 4 is 16.7 Å². The van der Waals surface area contributed by atoms with Crippen LogP contribution in [0, 0.1) is 0 Å². The van der Waals surface area contributed by atoms with Gasteiger partial charge in [0.15, 0.2) is 0 Å². The van der Waals surface area contributed by atoms with Crippen molar-refractivity contribution in [1.29, 1.82) is 0 Å². The first kappa shape index (κ1) is 14.8. The summed E-state index contributed by atoms with van der Waals surface area (Å²) in [6, 6.07) is 10.3. The molecule has 2 rings (SSSR count). The van der Waals surface area contributed by atoms with Gasteiger partial charge in [-0.3, -0.25) is 0 Å². The molecular formula is C16H22N2O2. The Kier molecular flexibility index (Phi) is 5.77. The first-order chi connectivity index (χ1) is 9.85. The van der Waals surface area contributed by atoms with Gasteiger partial charge in [0.2, 0.25) is 0 Å². The van der Waals surface area contributed by atoms with Crippen LogP contribution in [0.2, 0.25) is 0 Å². The van der Waals surface area contributed by atoms with Gasteiger partial charge in [0.05, 0.1) is 25.3 Å². The largest absolute Gasteiger partial charge is 0.379 e. The molecular weight excluding hydrogens is 252 g/mol. The number of benzene rings is 1. The minimum atomic E-state index is 0.549. The first-order valence-electron chi connectivity index (χ1n) is 7.13. The van der Waals surface area contributed by atoms with Crippen molar-refractivity contribution in [3.63, 3.8) is 0 Å². The zero-order valence-electron chi connectivity index (χ0n) is 12.2. The SMILES string of the molecule is CCNc1nc2ccccc2cc1COCCOCC. The fourth-order valence-corrected chi connectivity index (χ4v) is 2.03. The number of fused-ring (bicyclic) bond motifs is 1. The Bertz CT molecular complexity index is 543. The summed E-state index contributed by atoms with van der Waals surface area (Å²) < 4.78 is 10.9. The summed E-state index contributed by atoms with van der Waals surface area (Å²) >= 11 is 0. The molecule has 1 aromatic carbocycles. The van der Waals surface area contributed by atoms with Crippen LogP contribution in [0.4, 0.5) is 5.82 Å². The maximum atomic E-state index is 5.65. The molecule has 4 nitrogen and oxygen atoms in total. The first-order valence-corrected chi connectivity index (χ1v) is 7.13. The van der Waals surface area contributed by atoms with E-state index in [1.54, 1.807) is 0 Å². The van der Waals surface area contributed by atoms with E-state index >= 15 is 0 Å². The molecule has 0 radical (unpaired) electrons. The topological polar surface area (TPSA) is 43.4 Å². The number of hydrogen-bond donors (Lipinski definition) is 1. The van der Waals surface area contributed by atoms with Crippen LogP contribution in [-0.2, 0) is 16.1 Å². The number of nitrogens with zero attached hydrogens (tertiary/aromatic N) is 1. The van der Waals surface area contributed by atoms with Crippen LogP contribution in [0.25, 0.3) is 10.9 Å². The van der Waals surface area contributed by atoms with E-state index < -0.39 is 0 Å². The van der Waals surface area contributed by atoms with Crippen LogP contribution in [0.15, 0.2) is 30.3 Å². The smallest absolute Gasteiger partial charge is 0.132 e. The number of hydrogen-bond acceptors (Lipinski definition) is 4. The number of rotatable bonds is 8. The molecule has 0 saturated heterocycles. The second-order valence-electron chi connectivity index (χ2n) is 4.47. The summed E-state index contributed by atoms with van der Waals surface area (Å²) in [6.07, 6.45) is 0. The van der Waals surface area contributed by atoms with Gasteiger partial charge in [0.1, 0.15) is 5.82 Å². The normalized spacial score (nSPS) is 10.9. The third-order valence-electron chi connectivity index (χ3n) is 2.98. The van der Waals surface area contributed by atoms with Gasteiger partial charge >= 0.3 is 0 Å². The fraction of sp³-hybridized carbons (Fsp3) is 0.438. The highest BCUT2D eigenvalue weighted by Gasteiger charge is 2.06. The highest BCUT2D eigenvalue weighted by molar-refractivity contribution is 5.81. The van der Waals surface area contributed by atoms with E-state index in [2.05, 4.69) is 29.4 Å². The maximum Gasteiger partial charge on any atom is 0.132 e. The Balaban J connectivity index is 2.10. The Morgan fingerprint density at radius 3 is 2.70 bits per heavy atom. The van der Waals surface area contributed by atoms with E-state index in [-0.39, 0.29) is 0 Å². The Labute approximate surface area is 120 Å². The molecule has 1 N–H and O–H groups in total. The number of ether oxygens (including phenoxy) is 2. The van der Waals surface area contributed by atoms with Gasteiger partial charge in [0, 0.05) is 24.1 Å². The van der Waals surface area contributed by atoms with Gasteiger partial charge in [-0.1, -0.05) is 18.2 Å². The van der Waals surface area contributed by atoms with Crippen molar-refractivity contribution in [2.45, 2.75) is 20.5 Å². The third kappa shape index (κ3) is 3.92. The highest BCUT2D eigenvalue weighted by Crippen LogP contribution is 2.21. The highest BCUT2D eigenvalue weighted by atomic mass is 16.5. The van der Waals surface area contributed by atoms with Gasteiger partial charge in [-0.2, -0.15) is 0 Å². The number of aromatic nitrogens is 1. The molecule has 0 aliphatic carbocycles. The summed E-state index contributed by atoms with van der Waals surface area (Å²) in [6.45, 7) is 7.40. The van der Waals surface area contributed by atoms with Crippen molar-refractivity contribution in [3.8, 4) is 0 Å². The molecule has 0 aliphatic heterocycles. The van der Waals surface area contributed by atoms with Crippen molar-refractivity contribution in [2.24, 2.45) is 0 Å². The molecule has 4 heteroatoms. The molecule has 2 aromatic rings. The zero-order chi connectivity index (χ0) is 14.2. The van der Waals surface area contributed by atoms with E-state index in [0.717, 1.165) is 35.4 Å². The van der Waals surface area contributed by atoms with E-state index in [0.29, 0.717) is 19.8 Å². The van der Waals surface area contributed by atoms with Gasteiger partial charge in [-0.15, -0.1) is 0 Å². The lowest BCUT2D eigenvalue weighted by molar-refractivity contribution is 0.0454. The monoisotopic (exact) mass is 274 g/mol. The molecule has 0 unspecified atom stereocenters. The van der Waals surface area contributed by atoms with Crippen LogP contribution < -0.4 is 5.32 Å². The number of anilines is 1. The Morgan fingerprint density at radius 2 is 1.90 bits per heavy atom. The predicted octanol–water partition coefficient (Wildman–Crippen LogP) is 3.22. The summed E-state index contributed by atoms with van der Waals surface area (Å²) in [7, 11) is 0. The number of para-hydroxylation sites is 1. The lowest BCUT2D eigenvalue weighted by Crippen LogP contribution is -2.08. The second kappa shape index (κ2) is 7.82. The third-order valence-corrected chi connectivity index (χ3v) is 2.98. The molecule has 1 heterocycles. The second-order valence-corrected chi connectivity index (χ2v) is 4.47. The van der Waals surface area contributed by atoms with Crippen LogP contribution in [-0.4, -0.2) is 31.3 Å². The van der Waals surface area contributed by atoms with Gasteiger partial charge in [-0.05, 0) is 26.0 Å². The van der Waals surface area contributed by atoms with Gasteiger partial charge in [-0.25, -0.2) is 4.98 Å². The van der Waals surface area contributed by atoms with Crippen LogP contribution in [0.1, 0.15) is 19.4 Å². The van der Waals surface area contributed by atoms with Gasteiger partial charge in [0.25, 0.3) is 0 Å². The van der Waals surface area contributed by atoms with Crippen LogP contribution in [0.5, 0.6) is 0 Å². The zero-order valence-corrected chi connectivity index (χ0v) is 12.2. The maximum absolute atomic E-state index is 5.65. The Morgan fingerprint density at radius 1 is 1.10 bits per heavy atom. The summed E-state index contributed by atoms with van der Waals surface area (Å²) in [4.78, 5) is 4.66. The summed E-state index contributed by atoms with van der Waals surface area (Å²) in [5.74, 6) is 0.905. The quantitative estimate of drug-likeness (QED) is 0.751. The van der Waals surface area contributed by atoms with E-state index in [9.17, 15) is 0 Å². The fourth-order valence-electron chi connectivity index (χ4n) is 2.03. The minimum absolute atomic E-state index is 0.549. The van der Waals surface area contributed by atoms with E-state index in [1.807, 2.05) is 25.1 Å². The summed E-state index contributed by atoms with van der Waals surface area (Å²) in [5, 5.41) is 4.43. The summed E-state index contributed by atoms with van der Waals surface area (Å²) in [5.41, 5.74) is 2.09. The molecule has 0 fully saturated rings. The van der Waals surface area contributed by atoms with Crippen molar-refractivity contribution in [1.82, 2.24) is 4.98 Å². The standard InChI is InChI=1S/C16H22N2O2/c1-3-17-16-14(12-20-10-9-19-4-2)11-13-7-5-6-8-15(13)18-16/h5-8,11H,3-4,9-10,12H2,1-2H3,(H,17,18). The molecule has 0 aliphatic rings. The number of pyridine rings is 1. The molecule has 108 valence electrons.